The molecule has 1 aromatic carbocycles. The minimum absolute atomic E-state index is 0.0340. The lowest BCUT2D eigenvalue weighted by Crippen LogP contribution is -2.36. The van der Waals surface area contributed by atoms with Crippen LogP contribution in [0.2, 0.25) is 0 Å². The van der Waals surface area contributed by atoms with E-state index in [1.54, 1.807) is 30.6 Å². The lowest BCUT2D eigenvalue weighted by atomic mass is 10.3. The fourth-order valence-electron chi connectivity index (χ4n) is 1.63. The van der Waals surface area contributed by atoms with Crippen molar-refractivity contribution in [2.75, 3.05) is 30.9 Å². The number of thioether (sulfide) groups is 2. The van der Waals surface area contributed by atoms with E-state index in [1.807, 2.05) is 30.5 Å². The Morgan fingerprint density at radius 3 is 2.45 bits per heavy atom. The first-order chi connectivity index (χ1) is 10.2. The van der Waals surface area contributed by atoms with Crippen molar-refractivity contribution in [2.45, 2.75) is 30.4 Å². The van der Waals surface area contributed by atoms with Gasteiger partial charge in [0.05, 0.1) is 18.0 Å². The molecule has 1 aromatic rings. The molecular weight excluding hydrogens is 316 g/mol. The van der Waals surface area contributed by atoms with Gasteiger partial charge in [0.1, 0.15) is 0 Å². The first-order valence-corrected chi connectivity index (χ1v) is 9.25. The highest BCUT2D eigenvalue weighted by molar-refractivity contribution is 8.01. The zero-order valence-electron chi connectivity index (χ0n) is 13.8. The second kappa shape index (κ2) is 8.48. The first-order valence-electron chi connectivity index (χ1n) is 7.03. The van der Waals surface area contributed by atoms with Crippen LogP contribution in [-0.4, -0.2) is 47.1 Å². The lowest BCUT2D eigenvalue weighted by molar-refractivity contribution is -0.131. The minimum atomic E-state index is -0.182. The highest BCUT2D eigenvalue weighted by atomic mass is 32.2. The largest absolute Gasteiger partial charge is 0.336 e. The summed E-state index contributed by atoms with van der Waals surface area (Å²) in [6, 6.07) is 7.63. The summed E-state index contributed by atoms with van der Waals surface area (Å²) in [6.45, 7) is 6.26. The predicted octanol–water partition coefficient (Wildman–Crippen LogP) is 3.34. The number of benzene rings is 1. The molecule has 1 N–H and O–H groups in total. The van der Waals surface area contributed by atoms with Crippen LogP contribution in [0.25, 0.3) is 0 Å². The summed E-state index contributed by atoms with van der Waals surface area (Å²) in [4.78, 5) is 26.6. The van der Waals surface area contributed by atoms with Crippen LogP contribution >= 0.6 is 23.5 Å². The fraction of sp³-hybridized carbons (Fsp3) is 0.500. The average molecular weight is 341 g/mol. The van der Waals surface area contributed by atoms with Gasteiger partial charge in [0.2, 0.25) is 11.8 Å². The molecule has 0 heterocycles. The normalized spacial score (nSPS) is 11.1. The third-order valence-electron chi connectivity index (χ3n) is 2.82. The molecule has 2 amide bonds. The van der Waals surface area contributed by atoms with E-state index in [4.69, 9.17) is 0 Å². The minimum Gasteiger partial charge on any atom is -0.336 e. The Morgan fingerprint density at radius 1 is 1.23 bits per heavy atom. The van der Waals surface area contributed by atoms with Crippen molar-refractivity contribution >= 4 is 41.0 Å². The van der Waals surface area contributed by atoms with Gasteiger partial charge in [0, 0.05) is 16.7 Å². The van der Waals surface area contributed by atoms with E-state index in [0.29, 0.717) is 5.75 Å². The fourth-order valence-corrected chi connectivity index (χ4v) is 2.96. The van der Waals surface area contributed by atoms with E-state index < -0.39 is 0 Å². The van der Waals surface area contributed by atoms with Crippen molar-refractivity contribution < 1.29 is 9.59 Å². The Balaban J connectivity index is 2.52. The Labute approximate surface area is 141 Å². The maximum Gasteiger partial charge on any atom is 0.244 e. The van der Waals surface area contributed by atoms with Gasteiger partial charge in [-0.05, 0) is 18.4 Å². The smallest absolute Gasteiger partial charge is 0.244 e. The van der Waals surface area contributed by atoms with E-state index in [9.17, 15) is 9.59 Å². The Morgan fingerprint density at radius 2 is 1.86 bits per heavy atom. The van der Waals surface area contributed by atoms with Crippen molar-refractivity contribution in [1.29, 1.82) is 0 Å². The number of amides is 2. The Hall–Kier alpha value is -1.14. The molecule has 6 heteroatoms. The monoisotopic (exact) mass is 340 g/mol. The maximum atomic E-state index is 12.1. The number of hydrogen-bond acceptors (Lipinski definition) is 4. The summed E-state index contributed by atoms with van der Waals surface area (Å²) in [7, 11) is 1.66. The second-order valence-electron chi connectivity index (χ2n) is 5.90. The maximum absolute atomic E-state index is 12.1. The van der Waals surface area contributed by atoms with Crippen molar-refractivity contribution in [2.24, 2.45) is 0 Å². The van der Waals surface area contributed by atoms with E-state index in [2.05, 4.69) is 26.1 Å². The molecule has 0 aliphatic heterocycles. The summed E-state index contributed by atoms with van der Waals surface area (Å²) in [6.07, 6.45) is 1.96. The molecule has 1 rings (SSSR count). The average Bonchev–Trinajstić information content (AvgIpc) is 2.44. The van der Waals surface area contributed by atoms with Crippen LogP contribution in [0.15, 0.2) is 29.2 Å². The molecule has 22 heavy (non-hydrogen) atoms. The number of nitrogens with zero attached hydrogens (tertiary/aromatic N) is 1. The molecule has 0 aliphatic carbocycles. The van der Waals surface area contributed by atoms with Crippen molar-refractivity contribution in [3.8, 4) is 0 Å². The van der Waals surface area contributed by atoms with Gasteiger partial charge in [-0.2, -0.15) is 0 Å². The third kappa shape index (κ3) is 6.75. The standard InChI is InChI=1S/C16H24N2O2S2/c1-16(2,3)22-11-15(20)18(4)10-14(19)17-12-8-6-7-9-13(12)21-5/h6-9H,10-11H2,1-5H3,(H,17,19). The quantitative estimate of drug-likeness (QED) is 0.807. The molecular formula is C16H24N2O2S2. The summed E-state index contributed by atoms with van der Waals surface area (Å²) in [5.41, 5.74) is 0.782. The van der Waals surface area contributed by atoms with Crippen LogP contribution in [0.1, 0.15) is 20.8 Å². The predicted molar refractivity (Wildman–Crippen MR) is 96.7 cm³/mol. The van der Waals surface area contributed by atoms with Gasteiger partial charge in [0.15, 0.2) is 0 Å². The van der Waals surface area contributed by atoms with Crippen LogP contribution in [0.3, 0.4) is 0 Å². The van der Waals surface area contributed by atoms with Gasteiger partial charge in [-0.25, -0.2) is 0 Å². The lowest BCUT2D eigenvalue weighted by Gasteiger charge is -2.21. The molecule has 0 spiro atoms. The summed E-state index contributed by atoms with van der Waals surface area (Å²) in [5.74, 6) is 0.167. The molecule has 0 saturated heterocycles. The number of carbonyl (C=O) groups is 2. The van der Waals surface area contributed by atoms with Gasteiger partial charge in [-0.15, -0.1) is 23.5 Å². The number of rotatable bonds is 6. The number of hydrogen-bond donors (Lipinski definition) is 1. The number of nitrogens with one attached hydrogen (secondary N) is 1. The zero-order valence-corrected chi connectivity index (χ0v) is 15.4. The molecule has 122 valence electrons. The molecule has 0 aromatic heterocycles. The Kier molecular flexibility index (Phi) is 7.29. The number of anilines is 1. The summed E-state index contributed by atoms with van der Waals surface area (Å²) >= 11 is 3.16. The highest BCUT2D eigenvalue weighted by Gasteiger charge is 2.18. The van der Waals surface area contributed by atoms with Gasteiger partial charge in [-0.3, -0.25) is 9.59 Å². The Bertz CT molecular complexity index is 527. The molecule has 0 bridgehead atoms. The van der Waals surface area contributed by atoms with E-state index in [-0.39, 0.29) is 23.1 Å². The van der Waals surface area contributed by atoms with Gasteiger partial charge >= 0.3 is 0 Å². The van der Waals surface area contributed by atoms with Crippen molar-refractivity contribution in [3.05, 3.63) is 24.3 Å². The van der Waals surface area contributed by atoms with Crippen LogP contribution in [0, 0.1) is 0 Å². The molecule has 0 unspecified atom stereocenters. The SMILES string of the molecule is CSc1ccccc1NC(=O)CN(C)C(=O)CSC(C)(C)C. The van der Waals surface area contributed by atoms with Crippen LogP contribution < -0.4 is 5.32 Å². The van der Waals surface area contributed by atoms with Crippen molar-refractivity contribution in [3.63, 3.8) is 0 Å². The molecule has 0 radical (unpaired) electrons. The molecule has 0 fully saturated rings. The number of para-hydroxylation sites is 1. The first kappa shape index (κ1) is 18.9. The van der Waals surface area contributed by atoms with Crippen molar-refractivity contribution in [1.82, 2.24) is 4.90 Å². The van der Waals surface area contributed by atoms with E-state index >= 15 is 0 Å². The van der Waals surface area contributed by atoms with E-state index in [1.165, 1.54) is 4.90 Å². The van der Waals surface area contributed by atoms with Gasteiger partial charge in [0.25, 0.3) is 0 Å². The second-order valence-corrected chi connectivity index (χ2v) is 8.55. The molecule has 0 saturated carbocycles. The van der Waals surface area contributed by atoms with Gasteiger partial charge < -0.3 is 10.2 Å². The highest BCUT2D eigenvalue weighted by Crippen LogP contribution is 2.25. The van der Waals surface area contributed by atoms with Crippen LogP contribution in [0.4, 0.5) is 5.69 Å². The summed E-state index contributed by atoms with van der Waals surface area (Å²) in [5, 5.41) is 2.86. The topological polar surface area (TPSA) is 49.4 Å². The number of likely N-dealkylation sites (N-methyl/N-ethyl adjacent to an activating group) is 1. The molecule has 0 aliphatic rings. The van der Waals surface area contributed by atoms with Gasteiger partial charge in [-0.1, -0.05) is 32.9 Å². The number of carbonyl (C=O) groups excluding carboxylic acids is 2. The summed E-state index contributed by atoms with van der Waals surface area (Å²) < 4.78 is 0.0377. The van der Waals surface area contributed by atoms with Crippen LogP contribution in [-0.2, 0) is 9.59 Å². The van der Waals surface area contributed by atoms with E-state index in [0.717, 1.165) is 10.6 Å². The molecule has 4 nitrogen and oxygen atoms in total. The molecule has 0 atom stereocenters. The third-order valence-corrected chi connectivity index (χ3v) is 4.87. The zero-order chi connectivity index (χ0) is 16.8. The van der Waals surface area contributed by atoms with Crippen LogP contribution in [0.5, 0.6) is 0 Å².